The molecule has 2 heterocycles. The summed E-state index contributed by atoms with van der Waals surface area (Å²) in [6, 6.07) is 24.0. The molecule has 0 spiro atoms. The van der Waals surface area contributed by atoms with Gasteiger partial charge in [0.25, 0.3) is 0 Å². The average molecular weight is 433 g/mol. The van der Waals surface area contributed by atoms with Crippen LogP contribution in [-0.4, -0.2) is 29.5 Å². The Balaban J connectivity index is 1.32. The first-order chi connectivity index (χ1) is 15.2. The first kappa shape index (κ1) is 20.3. The van der Waals surface area contributed by atoms with Gasteiger partial charge >= 0.3 is 0 Å². The zero-order chi connectivity index (χ0) is 21.2. The molecular formula is C27H26ClFN2. The molecule has 1 aromatic heterocycles. The van der Waals surface area contributed by atoms with E-state index in [2.05, 4.69) is 64.5 Å². The number of para-hydroxylation sites is 1. The predicted molar refractivity (Wildman–Crippen MR) is 127 cm³/mol. The Hall–Kier alpha value is -2.62. The number of aromatic nitrogens is 1. The molecule has 1 aliphatic rings. The van der Waals surface area contributed by atoms with Gasteiger partial charge in [0.15, 0.2) is 0 Å². The quantitative estimate of drug-likeness (QED) is 0.358. The maximum atomic E-state index is 13.3. The molecule has 2 nitrogen and oxygen atoms in total. The molecule has 0 unspecified atom stereocenters. The number of H-pyrrole nitrogens is 1. The van der Waals surface area contributed by atoms with E-state index in [1.165, 1.54) is 39.9 Å². The molecule has 0 bridgehead atoms. The van der Waals surface area contributed by atoms with Crippen LogP contribution in [-0.2, 0) is 6.42 Å². The van der Waals surface area contributed by atoms with Gasteiger partial charge in [0, 0.05) is 28.2 Å². The van der Waals surface area contributed by atoms with Crippen molar-refractivity contribution in [3.05, 3.63) is 94.8 Å². The second-order valence-corrected chi connectivity index (χ2v) is 8.83. The van der Waals surface area contributed by atoms with Crippen molar-refractivity contribution in [2.75, 3.05) is 19.6 Å². The Morgan fingerprint density at radius 3 is 2.45 bits per heavy atom. The van der Waals surface area contributed by atoms with Crippen molar-refractivity contribution in [1.29, 1.82) is 0 Å². The highest BCUT2D eigenvalue weighted by Crippen LogP contribution is 2.40. The molecular weight excluding hydrogens is 407 g/mol. The van der Waals surface area contributed by atoms with Crippen LogP contribution in [0.3, 0.4) is 0 Å². The number of hydrogen-bond acceptors (Lipinski definition) is 1. The smallest absolute Gasteiger partial charge is 0.124 e. The van der Waals surface area contributed by atoms with Crippen molar-refractivity contribution >= 4 is 22.5 Å². The lowest BCUT2D eigenvalue weighted by atomic mass is 9.86. The van der Waals surface area contributed by atoms with Crippen molar-refractivity contribution in [3.8, 4) is 11.3 Å². The van der Waals surface area contributed by atoms with Crippen LogP contribution in [0, 0.1) is 5.82 Å². The molecule has 158 valence electrons. The van der Waals surface area contributed by atoms with Gasteiger partial charge in [-0.25, -0.2) is 4.39 Å². The van der Waals surface area contributed by atoms with Gasteiger partial charge in [0.1, 0.15) is 5.82 Å². The number of hydrogen-bond donors (Lipinski definition) is 1. The van der Waals surface area contributed by atoms with Gasteiger partial charge < -0.3 is 9.88 Å². The highest BCUT2D eigenvalue weighted by molar-refractivity contribution is 6.31. The fourth-order valence-electron chi connectivity index (χ4n) is 4.87. The number of nitrogens with one attached hydrogen (secondary N) is 1. The van der Waals surface area contributed by atoms with E-state index in [1.54, 1.807) is 0 Å². The summed E-state index contributed by atoms with van der Waals surface area (Å²) in [4.78, 5) is 6.19. The van der Waals surface area contributed by atoms with Crippen molar-refractivity contribution < 1.29 is 4.39 Å². The summed E-state index contributed by atoms with van der Waals surface area (Å²) >= 11 is 6.21. The zero-order valence-electron chi connectivity index (χ0n) is 17.5. The van der Waals surface area contributed by atoms with Crippen LogP contribution < -0.4 is 0 Å². The maximum absolute atomic E-state index is 13.3. The number of likely N-dealkylation sites (tertiary alicyclic amines) is 1. The Bertz CT molecular complexity index is 1180. The first-order valence-electron chi connectivity index (χ1n) is 11.0. The van der Waals surface area contributed by atoms with Crippen LogP contribution in [0.5, 0.6) is 0 Å². The lowest BCUT2D eigenvalue weighted by molar-refractivity contribution is 0.215. The number of nitrogens with zero attached hydrogens (tertiary/aromatic N) is 1. The minimum atomic E-state index is -0.275. The highest BCUT2D eigenvalue weighted by atomic mass is 35.5. The van der Waals surface area contributed by atoms with E-state index in [9.17, 15) is 4.39 Å². The Labute approximate surface area is 187 Å². The summed E-state index contributed by atoms with van der Waals surface area (Å²) in [5.74, 6) is 0.263. The molecule has 0 saturated carbocycles. The number of aromatic amines is 1. The lowest BCUT2D eigenvalue weighted by Crippen LogP contribution is -2.34. The number of benzene rings is 3. The standard InChI is InChI=1S/C27H26ClFN2/c28-24-18-22(29)11-10-19(24)12-15-31-16-13-20(14-17-31)26-23-8-4-5-9-25(23)30-27(26)21-6-2-1-3-7-21/h1-11,18,20,30H,12-17H2. The third kappa shape index (κ3) is 4.26. The van der Waals surface area contributed by atoms with Gasteiger partial charge in [-0.3, -0.25) is 0 Å². The van der Waals surface area contributed by atoms with Crippen LogP contribution in [0.15, 0.2) is 72.8 Å². The molecule has 1 aliphatic heterocycles. The average Bonchev–Trinajstić information content (AvgIpc) is 3.19. The lowest BCUT2D eigenvalue weighted by Gasteiger charge is -2.32. The van der Waals surface area contributed by atoms with Gasteiger partial charge in [-0.05, 0) is 73.2 Å². The van der Waals surface area contributed by atoms with Gasteiger partial charge in [0.05, 0.1) is 0 Å². The second-order valence-electron chi connectivity index (χ2n) is 8.43. The van der Waals surface area contributed by atoms with Gasteiger partial charge in [-0.1, -0.05) is 66.2 Å². The van der Waals surface area contributed by atoms with Gasteiger partial charge in [-0.2, -0.15) is 0 Å². The van der Waals surface area contributed by atoms with E-state index in [-0.39, 0.29) is 5.82 Å². The van der Waals surface area contributed by atoms with E-state index in [0.29, 0.717) is 10.9 Å². The van der Waals surface area contributed by atoms with Crippen LogP contribution >= 0.6 is 11.6 Å². The Morgan fingerprint density at radius 2 is 1.68 bits per heavy atom. The summed E-state index contributed by atoms with van der Waals surface area (Å²) in [5.41, 5.74) is 6.21. The van der Waals surface area contributed by atoms with Crippen molar-refractivity contribution in [3.63, 3.8) is 0 Å². The van der Waals surface area contributed by atoms with Crippen LogP contribution in [0.25, 0.3) is 22.2 Å². The molecule has 31 heavy (non-hydrogen) atoms. The third-order valence-electron chi connectivity index (χ3n) is 6.52. The molecule has 4 aromatic rings. The summed E-state index contributed by atoms with van der Waals surface area (Å²) in [6.07, 6.45) is 3.13. The first-order valence-corrected chi connectivity index (χ1v) is 11.4. The number of rotatable bonds is 5. The van der Waals surface area contributed by atoms with Gasteiger partial charge in [0.2, 0.25) is 0 Å². The van der Waals surface area contributed by atoms with E-state index in [0.717, 1.165) is 44.5 Å². The molecule has 1 saturated heterocycles. The molecule has 1 fully saturated rings. The summed E-state index contributed by atoms with van der Waals surface area (Å²) in [7, 11) is 0. The SMILES string of the molecule is Fc1ccc(CCN2CCC(c3c(-c4ccccc4)[nH]c4ccccc34)CC2)c(Cl)c1. The summed E-state index contributed by atoms with van der Waals surface area (Å²) < 4.78 is 13.3. The summed E-state index contributed by atoms with van der Waals surface area (Å²) in [6.45, 7) is 3.09. The molecule has 1 N–H and O–H groups in total. The molecule has 3 aromatic carbocycles. The maximum Gasteiger partial charge on any atom is 0.124 e. The fourth-order valence-corrected chi connectivity index (χ4v) is 5.13. The predicted octanol–water partition coefficient (Wildman–Crippen LogP) is 7.05. The monoisotopic (exact) mass is 432 g/mol. The van der Waals surface area contributed by atoms with E-state index in [1.807, 2.05) is 6.07 Å². The third-order valence-corrected chi connectivity index (χ3v) is 6.87. The fraction of sp³-hybridized carbons (Fsp3) is 0.259. The molecule has 0 radical (unpaired) electrons. The molecule has 0 aliphatic carbocycles. The second kappa shape index (κ2) is 8.86. The molecule has 5 rings (SSSR count). The highest BCUT2D eigenvalue weighted by Gasteiger charge is 2.26. The number of piperidine rings is 1. The molecule has 4 heteroatoms. The number of halogens is 2. The van der Waals surface area contributed by atoms with Gasteiger partial charge in [-0.15, -0.1) is 0 Å². The molecule has 0 atom stereocenters. The van der Waals surface area contributed by atoms with E-state index >= 15 is 0 Å². The van der Waals surface area contributed by atoms with E-state index < -0.39 is 0 Å². The summed E-state index contributed by atoms with van der Waals surface area (Å²) in [5, 5.41) is 1.87. The van der Waals surface area contributed by atoms with Crippen LogP contribution in [0.2, 0.25) is 5.02 Å². The largest absolute Gasteiger partial charge is 0.354 e. The zero-order valence-corrected chi connectivity index (χ0v) is 18.2. The molecule has 0 amide bonds. The van der Waals surface area contributed by atoms with Crippen LogP contribution in [0.1, 0.15) is 29.9 Å². The van der Waals surface area contributed by atoms with Crippen molar-refractivity contribution in [2.24, 2.45) is 0 Å². The number of fused-ring (bicyclic) bond motifs is 1. The minimum absolute atomic E-state index is 0.275. The normalized spacial score (nSPS) is 15.5. The minimum Gasteiger partial charge on any atom is -0.354 e. The Morgan fingerprint density at radius 1 is 0.935 bits per heavy atom. The van der Waals surface area contributed by atoms with Crippen molar-refractivity contribution in [1.82, 2.24) is 9.88 Å². The van der Waals surface area contributed by atoms with E-state index in [4.69, 9.17) is 11.6 Å². The van der Waals surface area contributed by atoms with Crippen molar-refractivity contribution in [2.45, 2.75) is 25.2 Å². The van der Waals surface area contributed by atoms with Crippen LogP contribution in [0.4, 0.5) is 4.39 Å². The Kier molecular flexibility index (Phi) is 5.80. The topological polar surface area (TPSA) is 19.0 Å².